The maximum Gasteiger partial charge on any atom is 0.306 e. The van der Waals surface area contributed by atoms with E-state index in [9.17, 15) is 19.5 Å². The monoisotopic (exact) mass is 882 g/mol. The number of unbranched alkanes of at least 4 members (excludes halogenated alkanes) is 35. The molecule has 368 valence electrons. The zero-order valence-corrected chi connectivity index (χ0v) is 41.8. The van der Waals surface area contributed by atoms with Gasteiger partial charge in [-0.25, -0.2) is 0 Å². The van der Waals surface area contributed by atoms with Crippen molar-refractivity contribution in [3.63, 3.8) is 0 Å². The molecule has 9 nitrogen and oxygen atoms in total. The number of likely N-dealkylation sites (N-methyl/N-ethyl adjacent to an activating group) is 1. The van der Waals surface area contributed by atoms with Gasteiger partial charge in [-0.05, 0) is 12.8 Å². The second-order valence-electron chi connectivity index (χ2n) is 19.5. The third-order valence-corrected chi connectivity index (χ3v) is 12.1. The highest BCUT2D eigenvalue weighted by atomic mass is 16.7. The quantitative estimate of drug-likeness (QED) is 0.0257. The smallest absolute Gasteiger partial charge is 0.306 e. The van der Waals surface area contributed by atoms with Crippen molar-refractivity contribution < 1.29 is 42.9 Å². The van der Waals surface area contributed by atoms with E-state index in [-0.39, 0.29) is 32.2 Å². The number of hydrogen-bond acceptors (Lipinski definition) is 8. The molecule has 0 rings (SSSR count). The summed E-state index contributed by atoms with van der Waals surface area (Å²) in [7, 11) is 5.93. The molecule has 0 aromatic heterocycles. The molecule has 0 bridgehead atoms. The van der Waals surface area contributed by atoms with E-state index in [1.165, 1.54) is 199 Å². The Bertz CT molecular complexity index is 985. The number of ether oxygens (including phenoxy) is 4. The molecule has 2 unspecified atom stereocenters. The summed E-state index contributed by atoms with van der Waals surface area (Å²) in [4.78, 5) is 37.1. The van der Waals surface area contributed by atoms with Gasteiger partial charge < -0.3 is 33.3 Å². The number of carboxylic acid groups (broad SMARTS) is 1. The fourth-order valence-corrected chi connectivity index (χ4v) is 7.95. The molecular formula is C53H103NO8. The molecule has 9 heteroatoms. The zero-order valence-electron chi connectivity index (χ0n) is 41.8. The molecule has 0 N–H and O–H groups in total. The van der Waals surface area contributed by atoms with Crippen LogP contribution < -0.4 is 5.11 Å². The number of carboxylic acids is 1. The molecule has 0 saturated heterocycles. The topological polar surface area (TPSA) is 111 Å². The Balaban J connectivity index is 4.16. The van der Waals surface area contributed by atoms with Gasteiger partial charge in [0.25, 0.3) is 0 Å². The fourth-order valence-electron chi connectivity index (χ4n) is 7.95. The van der Waals surface area contributed by atoms with E-state index in [4.69, 9.17) is 18.9 Å². The summed E-state index contributed by atoms with van der Waals surface area (Å²) in [5, 5.41) is 11.7. The molecule has 0 aromatic rings. The number of rotatable bonds is 50. The first kappa shape index (κ1) is 60.3. The van der Waals surface area contributed by atoms with Crippen LogP contribution in [0.25, 0.3) is 0 Å². The van der Waals surface area contributed by atoms with E-state index in [2.05, 4.69) is 13.8 Å². The minimum atomic E-state index is -1.61. The number of carbonyl (C=O) groups excluding carboxylic acids is 3. The second-order valence-corrected chi connectivity index (χ2v) is 19.5. The van der Waals surface area contributed by atoms with E-state index >= 15 is 0 Å². The van der Waals surface area contributed by atoms with Crippen LogP contribution in [-0.4, -0.2) is 82.3 Å². The van der Waals surface area contributed by atoms with E-state index in [1.807, 2.05) is 21.1 Å². The maximum atomic E-state index is 12.8. The van der Waals surface area contributed by atoms with Gasteiger partial charge in [0.15, 0.2) is 12.4 Å². The van der Waals surface area contributed by atoms with Crippen molar-refractivity contribution in [2.24, 2.45) is 0 Å². The normalized spacial score (nSPS) is 12.7. The summed E-state index contributed by atoms with van der Waals surface area (Å²) in [5.74, 6) is -2.26. The van der Waals surface area contributed by atoms with Crippen LogP contribution in [0.3, 0.4) is 0 Å². The molecular weight excluding hydrogens is 779 g/mol. The van der Waals surface area contributed by atoms with Gasteiger partial charge in [0, 0.05) is 12.8 Å². The Morgan fingerprint density at radius 3 is 1.03 bits per heavy atom. The summed E-state index contributed by atoms with van der Waals surface area (Å²) in [6.07, 6.45) is 45.8. The Labute approximate surface area is 383 Å². The number of quaternary nitrogens is 1. The lowest BCUT2D eigenvalue weighted by atomic mass is 10.0. The maximum absolute atomic E-state index is 12.8. The fraction of sp³-hybridized carbons (Fsp3) is 0.943. The van der Waals surface area contributed by atoms with Crippen molar-refractivity contribution in [3.05, 3.63) is 0 Å². The standard InChI is InChI=1S/C53H103NO8/c1-6-8-10-12-14-16-18-20-21-22-23-24-25-26-27-28-29-30-31-32-34-36-38-40-42-44-51(56)62-49(48-61-53(52(57)58)59-46-45-54(3,4)5)47-60-50(55)43-41-39-37-35-33-19-17-15-13-11-9-7-2/h49,53H,6-48H2,1-5H3. The first-order valence-electron chi connectivity index (χ1n) is 26.7. The second kappa shape index (κ2) is 45.8. The van der Waals surface area contributed by atoms with Crippen LogP contribution in [0, 0.1) is 0 Å². The molecule has 0 amide bonds. The van der Waals surface area contributed by atoms with Crippen molar-refractivity contribution in [2.75, 3.05) is 47.5 Å². The van der Waals surface area contributed by atoms with E-state index in [1.54, 1.807) is 0 Å². The molecule has 0 aliphatic heterocycles. The predicted molar refractivity (Wildman–Crippen MR) is 256 cm³/mol. The average Bonchev–Trinajstić information content (AvgIpc) is 3.23. The van der Waals surface area contributed by atoms with Crippen molar-refractivity contribution in [1.29, 1.82) is 0 Å². The third kappa shape index (κ3) is 46.3. The van der Waals surface area contributed by atoms with Crippen LogP contribution in [0.15, 0.2) is 0 Å². The lowest BCUT2D eigenvalue weighted by Gasteiger charge is -2.26. The van der Waals surface area contributed by atoms with Crippen LogP contribution in [0.1, 0.15) is 264 Å². The lowest BCUT2D eigenvalue weighted by molar-refractivity contribution is -0.870. The highest BCUT2D eigenvalue weighted by Gasteiger charge is 2.22. The Morgan fingerprint density at radius 2 is 0.726 bits per heavy atom. The van der Waals surface area contributed by atoms with Gasteiger partial charge in [0.1, 0.15) is 13.2 Å². The molecule has 0 aliphatic carbocycles. The average molecular weight is 882 g/mol. The SMILES string of the molecule is CCCCCCCCCCCCCCCCCCCCCCCCCCCC(=O)OC(COC(=O)CCCCCCCCCCCCCC)COC(OCC[N+](C)(C)C)C(=O)[O-]. The third-order valence-electron chi connectivity index (χ3n) is 12.1. The Hall–Kier alpha value is -1.71. The first-order valence-corrected chi connectivity index (χ1v) is 26.7. The van der Waals surface area contributed by atoms with Crippen molar-refractivity contribution >= 4 is 17.9 Å². The summed E-state index contributed by atoms with van der Waals surface area (Å²) >= 11 is 0. The van der Waals surface area contributed by atoms with Crippen molar-refractivity contribution in [1.82, 2.24) is 0 Å². The first-order chi connectivity index (χ1) is 30.1. The molecule has 0 fully saturated rings. The van der Waals surface area contributed by atoms with Crippen LogP contribution in [-0.2, 0) is 33.3 Å². The molecule has 0 aliphatic rings. The molecule has 0 spiro atoms. The predicted octanol–water partition coefficient (Wildman–Crippen LogP) is 13.5. The van der Waals surface area contributed by atoms with Crippen LogP contribution in [0.4, 0.5) is 0 Å². The molecule has 0 radical (unpaired) electrons. The number of nitrogens with zero attached hydrogens (tertiary/aromatic N) is 1. The largest absolute Gasteiger partial charge is 0.545 e. The van der Waals surface area contributed by atoms with E-state index < -0.39 is 24.3 Å². The highest BCUT2D eigenvalue weighted by molar-refractivity contribution is 5.70. The number of carbonyl (C=O) groups is 3. The van der Waals surface area contributed by atoms with E-state index in [0.717, 1.165) is 38.5 Å². The molecule has 0 aromatic carbocycles. The minimum absolute atomic E-state index is 0.153. The van der Waals surface area contributed by atoms with Gasteiger partial charge >= 0.3 is 11.9 Å². The van der Waals surface area contributed by atoms with Gasteiger partial charge in [-0.1, -0.05) is 239 Å². The van der Waals surface area contributed by atoms with Gasteiger partial charge in [0.05, 0.1) is 40.3 Å². The van der Waals surface area contributed by atoms with Gasteiger partial charge in [-0.3, -0.25) is 9.59 Å². The summed E-state index contributed by atoms with van der Waals surface area (Å²) < 4.78 is 22.6. The van der Waals surface area contributed by atoms with Crippen LogP contribution in [0.5, 0.6) is 0 Å². The van der Waals surface area contributed by atoms with Crippen LogP contribution >= 0.6 is 0 Å². The molecule has 62 heavy (non-hydrogen) atoms. The van der Waals surface area contributed by atoms with E-state index in [0.29, 0.717) is 17.4 Å². The van der Waals surface area contributed by atoms with Gasteiger partial charge in [0.2, 0.25) is 0 Å². The summed E-state index contributed by atoms with van der Waals surface area (Å²) in [6, 6.07) is 0. The van der Waals surface area contributed by atoms with Crippen LogP contribution in [0.2, 0.25) is 0 Å². The van der Waals surface area contributed by atoms with Crippen molar-refractivity contribution in [3.8, 4) is 0 Å². The molecule has 0 saturated carbocycles. The van der Waals surface area contributed by atoms with Gasteiger partial charge in [-0.2, -0.15) is 0 Å². The van der Waals surface area contributed by atoms with Gasteiger partial charge in [-0.15, -0.1) is 0 Å². The number of hydrogen-bond donors (Lipinski definition) is 0. The van der Waals surface area contributed by atoms with Crippen molar-refractivity contribution in [2.45, 2.75) is 277 Å². The minimum Gasteiger partial charge on any atom is -0.545 e. The molecule has 0 heterocycles. The molecule has 2 atom stereocenters. The Morgan fingerprint density at radius 1 is 0.419 bits per heavy atom. The zero-order chi connectivity index (χ0) is 45.6. The lowest BCUT2D eigenvalue weighted by Crippen LogP contribution is -2.44. The summed E-state index contributed by atoms with van der Waals surface area (Å²) in [6.45, 7) is 4.79. The summed E-state index contributed by atoms with van der Waals surface area (Å²) in [5.41, 5.74) is 0. The number of aliphatic carboxylic acids is 1. The Kier molecular flexibility index (Phi) is 44.6. The number of esters is 2. The highest BCUT2D eigenvalue weighted by Crippen LogP contribution is 2.17.